The van der Waals surface area contributed by atoms with Crippen molar-refractivity contribution < 1.29 is 9.47 Å². The van der Waals surface area contributed by atoms with Crippen molar-refractivity contribution in [3.05, 3.63) is 223 Å². The van der Waals surface area contributed by atoms with E-state index in [0.717, 1.165) is 35.5 Å². The Morgan fingerprint density at radius 3 is 1.12 bits per heavy atom. The van der Waals surface area contributed by atoms with Gasteiger partial charge in [-0.3, -0.25) is 0 Å². The minimum Gasteiger partial charge on any atom is -0.496 e. The minimum atomic E-state index is -0.136. The van der Waals surface area contributed by atoms with Crippen LogP contribution in [0.2, 0.25) is 0 Å². The van der Waals surface area contributed by atoms with Gasteiger partial charge in [0, 0.05) is 5.41 Å². The minimum absolute atomic E-state index is 0.136. The fourth-order valence-electron chi connectivity index (χ4n) is 8.02. The zero-order valence-electron chi connectivity index (χ0n) is 36.5. The first kappa shape index (κ1) is 41.8. The first-order valence-corrected chi connectivity index (χ1v) is 20.5. The predicted octanol–water partition coefficient (Wildman–Crippen LogP) is 14.1. The number of hydrogen-bond donors (Lipinski definition) is 0. The SMILES string of the molecule is COc1cc(Cc2ccc(C)c(C)c2)cc(-c2cc(Cc3ccc(C)c(C)c3)cc(OC)c2C)c1C.Cc1ccc(C(C)(c2ccccc2)c2ccc(C)cc2)cc1. The van der Waals surface area contributed by atoms with Crippen molar-refractivity contribution >= 4 is 0 Å². The van der Waals surface area contributed by atoms with Gasteiger partial charge in [-0.15, -0.1) is 0 Å². The highest BCUT2D eigenvalue weighted by atomic mass is 16.5. The standard InChI is InChI=1S/C34H38O2.C22H22/c1-21-9-11-27(13-23(21)3)15-29-17-31(25(5)33(19-29)35-7)32-18-30(20-34(36-8)26(32)6)16-28-12-10-22(2)24(4)14-28;1-17-9-13-20(14-10-17)22(3,19-7-5-4-6-8-19)21-15-11-18(2)12-16-21/h9-14,17-20H,15-16H2,1-8H3;4-16H,1-3H3. The molecule has 0 saturated carbocycles. The molecule has 0 aromatic heterocycles. The molecule has 0 saturated heterocycles. The van der Waals surface area contributed by atoms with Crippen LogP contribution in [0.15, 0.2) is 140 Å². The van der Waals surface area contributed by atoms with Crippen molar-refractivity contribution in [1.82, 2.24) is 0 Å². The summed E-state index contributed by atoms with van der Waals surface area (Å²) in [5.74, 6) is 1.84. The van der Waals surface area contributed by atoms with Crippen LogP contribution in [-0.2, 0) is 18.3 Å². The fourth-order valence-corrected chi connectivity index (χ4v) is 8.02. The molecular formula is C56H60O2. The normalized spacial score (nSPS) is 11.2. The third-order valence-electron chi connectivity index (χ3n) is 12.1. The van der Waals surface area contributed by atoms with Crippen LogP contribution < -0.4 is 9.47 Å². The molecule has 0 amide bonds. The lowest BCUT2D eigenvalue weighted by Gasteiger charge is -2.32. The Morgan fingerprint density at radius 2 is 0.759 bits per heavy atom. The summed E-state index contributed by atoms with van der Waals surface area (Å²) < 4.78 is 11.7. The Hall–Kier alpha value is -5.86. The highest BCUT2D eigenvalue weighted by Crippen LogP contribution is 2.40. The largest absolute Gasteiger partial charge is 0.496 e. The van der Waals surface area contributed by atoms with Crippen LogP contribution >= 0.6 is 0 Å². The van der Waals surface area contributed by atoms with Crippen LogP contribution in [0, 0.1) is 55.4 Å². The molecule has 296 valence electrons. The molecule has 0 heterocycles. The molecule has 7 aromatic rings. The number of hydrogen-bond acceptors (Lipinski definition) is 2. The summed E-state index contributed by atoms with van der Waals surface area (Å²) in [6.07, 6.45) is 1.73. The summed E-state index contributed by atoms with van der Waals surface area (Å²) in [6, 6.07) is 51.0. The Morgan fingerprint density at radius 1 is 0.379 bits per heavy atom. The lowest BCUT2D eigenvalue weighted by atomic mass is 9.71. The van der Waals surface area contributed by atoms with E-state index in [4.69, 9.17) is 9.47 Å². The second kappa shape index (κ2) is 18.2. The zero-order chi connectivity index (χ0) is 41.6. The summed E-state index contributed by atoms with van der Waals surface area (Å²) in [5.41, 5.74) is 21.5. The van der Waals surface area contributed by atoms with E-state index in [2.05, 4.69) is 202 Å². The van der Waals surface area contributed by atoms with Gasteiger partial charge in [-0.25, -0.2) is 0 Å². The molecule has 7 aromatic carbocycles. The molecule has 0 aliphatic rings. The van der Waals surface area contributed by atoms with E-state index < -0.39 is 0 Å². The van der Waals surface area contributed by atoms with Gasteiger partial charge in [-0.2, -0.15) is 0 Å². The van der Waals surface area contributed by atoms with Crippen LogP contribution in [0.3, 0.4) is 0 Å². The highest BCUT2D eigenvalue weighted by Gasteiger charge is 2.30. The van der Waals surface area contributed by atoms with E-state index in [1.807, 2.05) is 0 Å². The maximum absolute atomic E-state index is 5.84. The maximum Gasteiger partial charge on any atom is 0.122 e. The van der Waals surface area contributed by atoms with Crippen molar-refractivity contribution in [1.29, 1.82) is 0 Å². The summed E-state index contributed by atoms with van der Waals surface area (Å²) in [7, 11) is 3.52. The van der Waals surface area contributed by atoms with Crippen molar-refractivity contribution in [2.75, 3.05) is 14.2 Å². The van der Waals surface area contributed by atoms with Crippen LogP contribution in [-0.4, -0.2) is 14.2 Å². The van der Waals surface area contributed by atoms with Gasteiger partial charge in [0.25, 0.3) is 0 Å². The molecule has 0 fully saturated rings. The van der Waals surface area contributed by atoms with Gasteiger partial charge in [0.1, 0.15) is 11.5 Å². The molecule has 58 heavy (non-hydrogen) atoms. The lowest BCUT2D eigenvalue weighted by molar-refractivity contribution is 0.410. The van der Waals surface area contributed by atoms with Crippen molar-refractivity contribution in [2.45, 2.75) is 80.6 Å². The monoisotopic (exact) mass is 764 g/mol. The molecule has 7 rings (SSSR count). The van der Waals surface area contributed by atoms with Gasteiger partial charge >= 0.3 is 0 Å². The van der Waals surface area contributed by atoms with E-state index in [-0.39, 0.29) is 5.41 Å². The van der Waals surface area contributed by atoms with E-state index >= 15 is 0 Å². The molecule has 0 N–H and O–H groups in total. The molecule has 0 spiro atoms. The average molecular weight is 765 g/mol. The van der Waals surface area contributed by atoms with E-state index in [1.165, 1.54) is 83.5 Å². The van der Waals surface area contributed by atoms with Crippen LogP contribution in [0.5, 0.6) is 11.5 Å². The molecule has 2 nitrogen and oxygen atoms in total. The molecule has 0 atom stereocenters. The first-order valence-electron chi connectivity index (χ1n) is 20.5. The number of rotatable bonds is 10. The lowest BCUT2D eigenvalue weighted by Crippen LogP contribution is -2.25. The summed E-state index contributed by atoms with van der Waals surface area (Å²) in [5, 5.41) is 0. The topological polar surface area (TPSA) is 18.5 Å². The van der Waals surface area contributed by atoms with Gasteiger partial charge in [-0.05, 0) is 171 Å². The average Bonchev–Trinajstić information content (AvgIpc) is 3.22. The fraction of sp³-hybridized carbons (Fsp3) is 0.250. The third kappa shape index (κ3) is 9.29. The molecular weight excluding hydrogens is 705 g/mol. The molecule has 0 radical (unpaired) electrons. The zero-order valence-corrected chi connectivity index (χ0v) is 36.5. The number of methoxy groups -OCH3 is 2. The molecule has 0 aliphatic carbocycles. The Labute approximate surface area is 348 Å². The van der Waals surface area contributed by atoms with Crippen LogP contribution in [0.25, 0.3) is 11.1 Å². The second-order valence-corrected chi connectivity index (χ2v) is 16.4. The van der Waals surface area contributed by atoms with Crippen LogP contribution in [0.4, 0.5) is 0 Å². The smallest absolute Gasteiger partial charge is 0.122 e. The summed E-state index contributed by atoms with van der Waals surface area (Å²) >= 11 is 0. The number of ether oxygens (including phenoxy) is 2. The third-order valence-corrected chi connectivity index (χ3v) is 12.1. The summed E-state index contributed by atoms with van der Waals surface area (Å²) in [6.45, 7) is 19.6. The van der Waals surface area contributed by atoms with E-state index in [0.29, 0.717) is 0 Å². The Kier molecular flexibility index (Phi) is 13.1. The van der Waals surface area contributed by atoms with Gasteiger partial charge in [0.15, 0.2) is 0 Å². The van der Waals surface area contributed by atoms with Crippen molar-refractivity contribution in [2.24, 2.45) is 0 Å². The van der Waals surface area contributed by atoms with Gasteiger partial charge in [-0.1, -0.05) is 139 Å². The van der Waals surface area contributed by atoms with Gasteiger partial charge in [0.05, 0.1) is 14.2 Å². The first-order chi connectivity index (χ1) is 27.8. The Balaban J connectivity index is 0.000000220. The van der Waals surface area contributed by atoms with E-state index in [9.17, 15) is 0 Å². The van der Waals surface area contributed by atoms with Crippen LogP contribution in [0.1, 0.15) is 90.4 Å². The molecule has 0 bridgehead atoms. The molecule has 0 aliphatic heterocycles. The number of aryl methyl sites for hydroxylation is 6. The van der Waals surface area contributed by atoms with Gasteiger partial charge < -0.3 is 9.47 Å². The number of benzene rings is 7. The molecule has 2 heteroatoms. The summed E-state index contributed by atoms with van der Waals surface area (Å²) in [4.78, 5) is 0. The van der Waals surface area contributed by atoms with Crippen molar-refractivity contribution in [3.8, 4) is 22.6 Å². The second-order valence-electron chi connectivity index (χ2n) is 16.4. The Bertz CT molecular complexity index is 2330. The maximum atomic E-state index is 5.84. The predicted molar refractivity (Wildman–Crippen MR) is 246 cm³/mol. The quantitative estimate of drug-likeness (QED) is 0.129. The van der Waals surface area contributed by atoms with Crippen molar-refractivity contribution in [3.63, 3.8) is 0 Å². The highest BCUT2D eigenvalue weighted by molar-refractivity contribution is 5.76. The van der Waals surface area contributed by atoms with Gasteiger partial charge in [0.2, 0.25) is 0 Å². The van der Waals surface area contributed by atoms with E-state index in [1.54, 1.807) is 14.2 Å². The molecule has 0 unspecified atom stereocenters.